The smallest absolute Gasteiger partial charge is 0.307 e. The van der Waals surface area contributed by atoms with E-state index in [2.05, 4.69) is 11.0 Å². The summed E-state index contributed by atoms with van der Waals surface area (Å²) in [6.07, 6.45) is 0.235. The number of ether oxygens (including phenoxy) is 1. The highest BCUT2D eigenvalue weighted by molar-refractivity contribution is 5.86. The molecule has 0 N–H and O–H groups in total. The first kappa shape index (κ1) is 18.5. The van der Waals surface area contributed by atoms with Gasteiger partial charge in [-0.1, -0.05) is 30.3 Å². The number of imidazole rings is 1. The van der Waals surface area contributed by atoms with Crippen molar-refractivity contribution in [1.29, 1.82) is 5.26 Å². The van der Waals surface area contributed by atoms with Crippen molar-refractivity contribution in [3.63, 3.8) is 0 Å². The lowest BCUT2D eigenvalue weighted by Gasteiger charge is -2.26. The van der Waals surface area contributed by atoms with Gasteiger partial charge in [0, 0.05) is 12.2 Å². The van der Waals surface area contributed by atoms with Gasteiger partial charge in [-0.05, 0) is 42.8 Å². The molecule has 6 heteroatoms. The van der Waals surface area contributed by atoms with Crippen LogP contribution in [0.4, 0.5) is 11.5 Å². The zero-order valence-electron chi connectivity index (χ0n) is 16.3. The van der Waals surface area contributed by atoms with Gasteiger partial charge in [0.25, 0.3) is 0 Å². The first-order valence-corrected chi connectivity index (χ1v) is 9.34. The largest absolute Gasteiger partial charge is 0.469 e. The van der Waals surface area contributed by atoms with Crippen molar-refractivity contribution in [3.05, 3.63) is 71.8 Å². The number of carbonyl (C=O) groups excluding carboxylic acids is 1. The fraction of sp³-hybridized carbons (Fsp3) is 0.174. The summed E-state index contributed by atoms with van der Waals surface area (Å²) < 4.78 is 6.84. The third-order valence-electron chi connectivity index (χ3n) is 4.98. The summed E-state index contributed by atoms with van der Waals surface area (Å²) in [4.78, 5) is 18.6. The van der Waals surface area contributed by atoms with Crippen LogP contribution in [-0.4, -0.2) is 29.0 Å². The number of rotatable bonds is 5. The van der Waals surface area contributed by atoms with Crippen LogP contribution in [0.3, 0.4) is 0 Å². The first-order chi connectivity index (χ1) is 14.1. The number of methoxy groups -OCH3 is 1. The molecule has 0 aliphatic rings. The summed E-state index contributed by atoms with van der Waals surface area (Å²) in [5.41, 5.74) is 4.67. The molecule has 0 bridgehead atoms. The van der Waals surface area contributed by atoms with Crippen molar-refractivity contribution >= 4 is 34.2 Å². The summed E-state index contributed by atoms with van der Waals surface area (Å²) in [7, 11) is 1.39. The van der Waals surface area contributed by atoms with Gasteiger partial charge in [0.05, 0.1) is 30.1 Å². The molecule has 0 saturated heterocycles. The van der Waals surface area contributed by atoms with E-state index in [1.54, 1.807) is 0 Å². The molecule has 0 atom stereocenters. The van der Waals surface area contributed by atoms with E-state index in [4.69, 9.17) is 9.72 Å². The molecule has 6 nitrogen and oxygen atoms in total. The Morgan fingerprint density at radius 2 is 1.90 bits per heavy atom. The second-order valence-corrected chi connectivity index (χ2v) is 6.75. The van der Waals surface area contributed by atoms with Gasteiger partial charge in [0.1, 0.15) is 11.9 Å². The van der Waals surface area contributed by atoms with Crippen LogP contribution >= 0.6 is 0 Å². The SMILES string of the molecule is COC(=O)CCN(c1ccccc1)c1cc(C)c(C#N)c2nc3ccccc3n12. The zero-order valence-corrected chi connectivity index (χ0v) is 16.3. The van der Waals surface area contributed by atoms with Crippen molar-refractivity contribution < 1.29 is 9.53 Å². The molecule has 2 heterocycles. The maximum Gasteiger partial charge on any atom is 0.307 e. The number of para-hydroxylation sites is 3. The minimum Gasteiger partial charge on any atom is -0.469 e. The van der Waals surface area contributed by atoms with Crippen LogP contribution in [0.15, 0.2) is 60.7 Å². The Balaban J connectivity index is 2.00. The van der Waals surface area contributed by atoms with Crippen LogP contribution in [0.2, 0.25) is 0 Å². The number of nitrogens with zero attached hydrogens (tertiary/aromatic N) is 4. The molecule has 29 heavy (non-hydrogen) atoms. The molecule has 0 spiro atoms. The fourth-order valence-electron chi connectivity index (χ4n) is 3.56. The molecular formula is C23H20N4O2. The highest BCUT2D eigenvalue weighted by Crippen LogP contribution is 2.32. The number of carbonyl (C=O) groups is 1. The van der Waals surface area contributed by atoms with E-state index in [0.29, 0.717) is 17.8 Å². The molecule has 0 amide bonds. The molecule has 0 unspecified atom stereocenters. The number of pyridine rings is 1. The first-order valence-electron chi connectivity index (χ1n) is 9.34. The van der Waals surface area contributed by atoms with E-state index in [1.165, 1.54) is 7.11 Å². The van der Waals surface area contributed by atoms with Crippen molar-refractivity contribution in [1.82, 2.24) is 9.38 Å². The molecule has 4 aromatic rings. The minimum atomic E-state index is -0.275. The number of nitriles is 1. The predicted molar refractivity (Wildman–Crippen MR) is 112 cm³/mol. The van der Waals surface area contributed by atoms with Gasteiger partial charge in [0.2, 0.25) is 0 Å². The Bertz CT molecular complexity index is 1240. The maximum absolute atomic E-state index is 11.9. The van der Waals surface area contributed by atoms with Gasteiger partial charge < -0.3 is 9.64 Å². The Morgan fingerprint density at radius 3 is 2.62 bits per heavy atom. The molecule has 0 fully saturated rings. The number of fused-ring (bicyclic) bond motifs is 3. The monoisotopic (exact) mass is 384 g/mol. The van der Waals surface area contributed by atoms with Crippen LogP contribution in [0.1, 0.15) is 17.5 Å². The van der Waals surface area contributed by atoms with E-state index in [1.807, 2.05) is 72.0 Å². The molecule has 0 radical (unpaired) electrons. The average Bonchev–Trinajstić information content (AvgIpc) is 3.13. The van der Waals surface area contributed by atoms with Crippen LogP contribution in [0, 0.1) is 18.3 Å². The van der Waals surface area contributed by atoms with Crippen LogP contribution < -0.4 is 4.90 Å². The summed E-state index contributed by atoms with van der Waals surface area (Å²) in [6.45, 7) is 2.34. The van der Waals surface area contributed by atoms with Gasteiger partial charge in [-0.2, -0.15) is 5.26 Å². The second-order valence-electron chi connectivity index (χ2n) is 6.75. The Labute approximate surface area is 168 Å². The maximum atomic E-state index is 11.9. The average molecular weight is 384 g/mol. The summed E-state index contributed by atoms with van der Waals surface area (Å²) in [6, 6.07) is 21.9. The van der Waals surface area contributed by atoms with Gasteiger partial charge in [-0.25, -0.2) is 4.98 Å². The van der Waals surface area contributed by atoms with E-state index >= 15 is 0 Å². The van der Waals surface area contributed by atoms with Gasteiger partial charge >= 0.3 is 5.97 Å². The van der Waals surface area contributed by atoms with Crippen molar-refractivity contribution in [3.8, 4) is 6.07 Å². The lowest BCUT2D eigenvalue weighted by Crippen LogP contribution is -2.24. The number of benzene rings is 2. The minimum absolute atomic E-state index is 0.235. The normalized spacial score (nSPS) is 10.8. The number of hydrogen-bond acceptors (Lipinski definition) is 5. The fourth-order valence-corrected chi connectivity index (χ4v) is 3.56. The lowest BCUT2D eigenvalue weighted by atomic mass is 10.1. The molecule has 2 aromatic heterocycles. The van der Waals surface area contributed by atoms with Gasteiger partial charge in [-0.15, -0.1) is 0 Å². The quantitative estimate of drug-likeness (QED) is 0.478. The number of aromatic nitrogens is 2. The van der Waals surface area contributed by atoms with Crippen LogP contribution in [-0.2, 0) is 9.53 Å². The van der Waals surface area contributed by atoms with E-state index < -0.39 is 0 Å². The Hall–Kier alpha value is -3.85. The molecular weight excluding hydrogens is 364 g/mol. The third kappa shape index (κ3) is 3.27. The Morgan fingerprint density at radius 1 is 1.17 bits per heavy atom. The molecule has 2 aromatic carbocycles. The van der Waals surface area contributed by atoms with Crippen molar-refractivity contribution in [2.24, 2.45) is 0 Å². The molecule has 144 valence electrons. The molecule has 0 aliphatic carbocycles. The van der Waals surface area contributed by atoms with E-state index in [0.717, 1.165) is 28.1 Å². The van der Waals surface area contributed by atoms with Crippen molar-refractivity contribution in [2.45, 2.75) is 13.3 Å². The highest BCUT2D eigenvalue weighted by Gasteiger charge is 2.20. The number of hydrogen-bond donors (Lipinski definition) is 0. The molecule has 0 aliphatic heterocycles. The van der Waals surface area contributed by atoms with E-state index in [-0.39, 0.29) is 12.4 Å². The second kappa shape index (κ2) is 7.64. The summed E-state index contributed by atoms with van der Waals surface area (Å²) in [5.74, 6) is 0.573. The van der Waals surface area contributed by atoms with Crippen molar-refractivity contribution in [2.75, 3.05) is 18.6 Å². The van der Waals surface area contributed by atoms with Gasteiger partial charge in [-0.3, -0.25) is 9.20 Å². The van der Waals surface area contributed by atoms with Crippen LogP contribution in [0.25, 0.3) is 16.7 Å². The zero-order chi connectivity index (χ0) is 20.4. The number of esters is 1. The summed E-state index contributed by atoms with van der Waals surface area (Å²) in [5, 5.41) is 9.72. The van der Waals surface area contributed by atoms with Gasteiger partial charge in [0.15, 0.2) is 5.65 Å². The number of aryl methyl sites for hydroxylation is 1. The third-order valence-corrected chi connectivity index (χ3v) is 4.98. The summed E-state index contributed by atoms with van der Waals surface area (Å²) >= 11 is 0. The predicted octanol–water partition coefficient (Wildman–Crippen LogP) is 4.37. The van der Waals surface area contributed by atoms with Crippen LogP contribution in [0.5, 0.6) is 0 Å². The lowest BCUT2D eigenvalue weighted by molar-refractivity contribution is -0.140. The Kier molecular flexibility index (Phi) is 4.88. The standard InChI is InChI=1S/C23H20N4O2/c1-16-14-21(26(13-12-22(28)29-2)17-8-4-3-5-9-17)27-20-11-7-6-10-19(20)25-23(27)18(16)15-24/h3-11,14H,12-13H2,1-2H3. The highest BCUT2D eigenvalue weighted by atomic mass is 16.5. The number of anilines is 2. The molecule has 0 saturated carbocycles. The topological polar surface area (TPSA) is 70.6 Å². The molecule has 4 rings (SSSR count). The van der Waals surface area contributed by atoms with E-state index in [9.17, 15) is 10.1 Å².